The lowest BCUT2D eigenvalue weighted by Gasteiger charge is -2.11. The summed E-state index contributed by atoms with van der Waals surface area (Å²) in [6, 6.07) is 7.62. The molecule has 0 saturated carbocycles. The van der Waals surface area contributed by atoms with Crippen LogP contribution in [0.15, 0.2) is 24.3 Å². The molecule has 0 radical (unpaired) electrons. The molecule has 1 aliphatic rings. The molecule has 1 aromatic rings. The molecule has 1 saturated heterocycles. The van der Waals surface area contributed by atoms with Crippen molar-refractivity contribution in [3.05, 3.63) is 34.9 Å². The number of ether oxygens (including phenoxy) is 1. The first kappa shape index (κ1) is 10.2. The minimum atomic E-state index is -0.0454. The zero-order chi connectivity index (χ0) is 9.97. The van der Waals surface area contributed by atoms with Gasteiger partial charge in [-0.2, -0.15) is 0 Å². The van der Waals surface area contributed by atoms with Crippen molar-refractivity contribution >= 4 is 23.2 Å². The van der Waals surface area contributed by atoms with Crippen molar-refractivity contribution in [2.45, 2.75) is 12.3 Å². The molecule has 4 heteroatoms. The van der Waals surface area contributed by atoms with E-state index in [1.54, 1.807) is 0 Å². The molecule has 1 N–H and O–H groups in total. The standard InChI is InChI=1S/C10H11Cl2NO/c11-5-9-6-13-10(14-9)7-1-3-8(12)4-2-7/h1-4,9-10,13H,5-6H2/t9-,10+/m0/s1. The minimum Gasteiger partial charge on any atom is -0.353 e. The molecule has 1 fully saturated rings. The third-order valence-electron chi connectivity index (χ3n) is 2.20. The number of halogens is 2. The molecule has 1 heterocycles. The van der Waals surface area contributed by atoms with Gasteiger partial charge in [-0.05, 0) is 17.7 Å². The van der Waals surface area contributed by atoms with Crippen LogP contribution in [-0.4, -0.2) is 18.5 Å². The second kappa shape index (κ2) is 4.49. The number of nitrogens with one attached hydrogen (secondary N) is 1. The highest BCUT2D eigenvalue weighted by atomic mass is 35.5. The number of alkyl halides is 1. The lowest BCUT2D eigenvalue weighted by atomic mass is 10.2. The number of rotatable bonds is 2. The van der Waals surface area contributed by atoms with Gasteiger partial charge in [-0.15, -0.1) is 11.6 Å². The predicted octanol–water partition coefficient (Wildman–Crippen LogP) is 2.57. The second-order valence-electron chi connectivity index (χ2n) is 3.25. The molecule has 1 aliphatic heterocycles. The molecule has 2 atom stereocenters. The zero-order valence-electron chi connectivity index (χ0n) is 7.54. The summed E-state index contributed by atoms with van der Waals surface area (Å²) < 4.78 is 5.65. The maximum absolute atomic E-state index is 5.79. The Morgan fingerprint density at radius 2 is 2.07 bits per heavy atom. The molecule has 0 amide bonds. The summed E-state index contributed by atoms with van der Waals surface area (Å²) in [4.78, 5) is 0. The fourth-order valence-corrected chi connectivity index (χ4v) is 1.76. The van der Waals surface area contributed by atoms with E-state index in [9.17, 15) is 0 Å². The average molecular weight is 232 g/mol. The summed E-state index contributed by atoms with van der Waals surface area (Å²) in [5, 5.41) is 3.98. The van der Waals surface area contributed by atoms with E-state index in [1.165, 1.54) is 0 Å². The Hall–Kier alpha value is -0.280. The van der Waals surface area contributed by atoms with Gasteiger partial charge < -0.3 is 4.74 Å². The van der Waals surface area contributed by atoms with Gasteiger partial charge in [0.2, 0.25) is 0 Å². The maximum Gasteiger partial charge on any atom is 0.134 e. The zero-order valence-corrected chi connectivity index (χ0v) is 9.05. The van der Waals surface area contributed by atoms with E-state index in [4.69, 9.17) is 27.9 Å². The first-order valence-electron chi connectivity index (χ1n) is 4.50. The summed E-state index contributed by atoms with van der Waals surface area (Å²) in [5.74, 6) is 0.525. The normalized spacial score (nSPS) is 26.7. The molecule has 0 spiro atoms. The van der Waals surface area contributed by atoms with E-state index in [-0.39, 0.29) is 12.3 Å². The Morgan fingerprint density at radius 1 is 1.36 bits per heavy atom. The fourth-order valence-electron chi connectivity index (χ4n) is 1.45. The molecule has 0 unspecified atom stereocenters. The van der Waals surface area contributed by atoms with Crippen molar-refractivity contribution in [1.29, 1.82) is 0 Å². The number of hydrogen-bond acceptors (Lipinski definition) is 2. The van der Waals surface area contributed by atoms with Crippen LogP contribution < -0.4 is 5.32 Å². The molecular formula is C10H11Cl2NO. The van der Waals surface area contributed by atoms with Crippen LogP contribution in [0.1, 0.15) is 11.8 Å². The number of benzene rings is 1. The van der Waals surface area contributed by atoms with Crippen molar-refractivity contribution in [2.24, 2.45) is 0 Å². The van der Waals surface area contributed by atoms with Gasteiger partial charge >= 0.3 is 0 Å². The highest BCUT2D eigenvalue weighted by molar-refractivity contribution is 6.30. The minimum absolute atomic E-state index is 0.0454. The summed E-state index contributed by atoms with van der Waals surface area (Å²) in [5.41, 5.74) is 1.09. The molecule has 1 aromatic carbocycles. The quantitative estimate of drug-likeness (QED) is 0.791. The third kappa shape index (κ3) is 2.20. The van der Waals surface area contributed by atoms with Crippen molar-refractivity contribution in [2.75, 3.05) is 12.4 Å². The van der Waals surface area contributed by atoms with Crippen molar-refractivity contribution in [3.63, 3.8) is 0 Å². The van der Waals surface area contributed by atoms with Crippen LogP contribution in [0.4, 0.5) is 0 Å². The summed E-state index contributed by atoms with van der Waals surface area (Å²) in [7, 11) is 0. The van der Waals surface area contributed by atoms with Gasteiger partial charge in [0, 0.05) is 17.4 Å². The van der Waals surface area contributed by atoms with Crippen LogP contribution in [0, 0.1) is 0 Å². The topological polar surface area (TPSA) is 21.3 Å². The largest absolute Gasteiger partial charge is 0.353 e. The van der Waals surface area contributed by atoms with Gasteiger partial charge in [0.15, 0.2) is 0 Å². The van der Waals surface area contributed by atoms with E-state index in [1.807, 2.05) is 24.3 Å². The summed E-state index contributed by atoms with van der Waals surface area (Å²) >= 11 is 11.5. The maximum atomic E-state index is 5.79. The van der Waals surface area contributed by atoms with Gasteiger partial charge in [0.25, 0.3) is 0 Å². The molecule has 76 valence electrons. The van der Waals surface area contributed by atoms with Crippen molar-refractivity contribution in [1.82, 2.24) is 5.32 Å². The highest BCUT2D eigenvalue weighted by Gasteiger charge is 2.24. The monoisotopic (exact) mass is 231 g/mol. The summed E-state index contributed by atoms with van der Waals surface area (Å²) in [6.07, 6.45) is 0.0633. The Balaban J connectivity index is 2.06. The van der Waals surface area contributed by atoms with E-state index < -0.39 is 0 Å². The van der Waals surface area contributed by atoms with Crippen LogP contribution in [-0.2, 0) is 4.74 Å². The van der Waals surface area contributed by atoms with Gasteiger partial charge in [0.05, 0.1) is 6.10 Å². The van der Waals surface area contributed by atoms with Crippen molar-refractivity contribution < 1.29 is 4.74 Å². The van der Waals surface area contributed by atoms with E-state index in [0.29, 0.717) is 5.88 Å². The van der Waals surface area contributed by atoms with Gasteiger partial charge in [-0.1, -0.05) is 23.7 Å². The lowest BCUT2D eigenvalue weighted by Crippen LogP contribution is -2.15. The van der Waals surface area contributed by atoms with E-state index in [2.05, 4.69) is 5.32 Å². The van der Waals surface area contributed by atoms with Crippen LogP contribution in [0.2, 0.25) is 5.02 Å². The first-order chi connectivity index (χ1) is 6.79. The Labute approximate surface area is 93.2 Å². The molecular weight excluding hydrogens is 221 g/mol. The van der Waals surface area contributed by atoms with E-state index in [0.717, 1.165) is 17.1 Å². The number of hydrogen-bond donors (Lipinski definition) is 1. The van der Waals surface area contributed by atoms with Gasteiger partial charge in [-0.3, -0.25) is 5.32 Å². The molecule has 2 nitrogen and oxygen atoms in total. The lowest BCUT2D eigenvalue weighted by molar-refractivity contribution is 0.0528. The predicted molar refractivity (Wildman–Crippen MR) is 57.8 cm³/mol. The molecule has 0 aliphatic carbocycles. The summed E-state index contributed by atoms with van der Waals surface area (Å²) in [6.45, 7) is 0.802. The fraction of sp³-hybridized carbons (Fsp3) is 0.400. The van der Waals surface area contributed by atoms with Gasteiger partial charge in [0.1, 0.15) is 6.23 Å². The first-order valence-corrected chi connectivity index (χ1v) is 5.41. The van der Waals surface area contributed by atoms with Crippen molar-refractivity contribution in [3.8, 4) is 0 Å². The van der Waals surface area contributed by atoms with Crippen LogP contribution in [0.25, 0.3) is 0 Å². The molecule has 14 heavy (non-hydrogen) atoms. The second-order valence-corrected chi connectivity index (χ2v) is 4.00. The Kier molecular flexibility index (Phi) is 3.29. The van der Waals surface area contributed by atoms with Gasteiger partial charge in [-0.25, -0.2) is 0 Å². The average Bonchev–Trinajstić information content (AvgIpc) is 2.67. The smallest absolute Gasteiger partial charge is 0.134 e. The van der Waals surface area contributed by atoms with Crippen LogP contribution in [0.3, 0.4) is 0 Å². The SMILES string of the molecule is ClC[C@H]1CN[C@@H](c2ccc(Cl)cc2)O1. The highest BCUT2D eigenvalue weighted by Crippen LogP contribution is 2.23. The molecule has 0 bridgehead atoms. The Morgan fingerprint density at radius 3 is 2.64 bits per heavy atom. The molecule has 0 aromatic heterocycles. The van der Waals surface area contributed by atoms with Crippen LogP contribution >= 0.6 is 23.2 Å². The molecule has 2 rings (SSSR count). The third-order valence-corrected chi connectivity index (χ3v) is 2.80. The van der Waals surface area contributed by atoms with E-state index >= 15 is 0 Å². The Bertz CT molecular complexity index is 301. The van der Waals surface area contributed by atoms with Crippen LogP contribution in [0.5, 0.6) is 0 Å².